The molecule has 1 aromatic carbocycles. The quantitative estimate of drug-likeness (QED) is 0.737. The van der Waals surface area contributed by atoms with Crippen molar-refractivity contribution < 1.29 is 9.59 Å². The van der Waals surface area contributed by atoms with Gasteiger partial charge in [0.1, 0.15) is 0 Å². The fourth-order valence-corrected chi connectivity index (χ4v) is 5.45. The summed E-state index contributed by atoms with van der Waals surface area (Å²) < 4.78 is 0. The van der Waals surface area contributed by atoms with E-state index in [1.807, 2.05) is 43.4 Å². The van der Waals surface area contributed by atoms with Crippen LogP contribution in [-0.4, -0.2) is 29.9 Å². The molecule has 1 aliphatic heterocycles. The summed E-state index contributed by atoms with van der Waals surface area (Å²) in [6, 6.07) is 5.98. The first-order valence-corrected chi connectivity index (χ1v) is 11.5. The van der Waals surface area contributed by atoms with E-state index in [1.54, 1.807) is 4.90 Å². The van der Waals surface area contributed by atoms with Crippen molar-refractivity contribution in [2.75, 3.05) is 18.0 Å². The van der Waals surface area contributed by atoms with Crippen LogP contribution in [0.2, 0.25) is 0 Å². The minimum Gasteiger partial charge on any atom is -0.356 e. The molecule has 2 aromatic rings. The van der Waals surface area contributed by atoms with Gasteiger partial charge in [0.25, 0.3) is 0 Å². The number of benzene rings is 1. The second kappa shape index (κ2) is 8.66. The Bertz CT molecular complexity index is 897. The van der Waals surface area contributed by atoms with Gasteiger partial charge in [-0.05, 0) is 63.1 Å². The van der Waals surface area contributed by atoms with Crippen molar-refractivity contribution in [2.24, 2.45) is 5.92 Å². The molecule has 4 rings (SSSR count). The van der Waals surface area contributed by atoms with Crippen molar-refractivity contribution >= 4 is 28.8 Å². The highest BCUT2D eigenvalue weighted by Gasteiger charge is 2.35. The monoisotopic (exact) mass is 411 g/mol. The van der Waals surface area contributed by atoms with Crippen LogP contribution < -0.4 is 10.2 Å². The molecular formula is C23H29N3O2S. The van der Waals surface area contributed by atoms with Crippen LogP contribution in [0, 0.1) is 19.8 Å². The van der Waals surface area contributed by atoms with Gasteiger partial charge in [-0.1, -0.05) is 12.1 Å². The highest BCUT2D eigenvalue weighted by molar-refractivity contribution is 7.11. The highest BCUT2D eigenvalue weighted by Crippen LogP contribution is 2.30. The number of aryl methyl sites for hydroxylation is 4. The molecule has 154 valence electrons. The van der Waals surface area contributed by atoms with E-state index in [0.29, 0.717) is 19.5 Å². The molecule has 2 aliphatic rings. The lowest BCUT2D eigenvalue weighted by Gasteiger charge is -2.20. The fourth-order valence-electron chi connectivity index (χ4n) is 4.25. The molecule has 1 unspecified atom stereocenters. The average Bonchev–Trinajstić information content (AvgIpc) is 3.30. The van der Waals surface area contributed by atoms with Crippen LogP contribution in [-0.2, 0) is 28.9 Å². The normalized spacial score (nSPS) is 18.8. The lowest BCUT2D eigenvalue weighted by molar-refractivity contribution is -0.126. The highest BCUT2D eigenvalue weighted by atomic mass is 32.1. The molecular weight excluding hydrogens is 382 g/mol. The fraction of sp³-hybridized carbons (Fsp3) is 0.522. The largest absolute Gasteiger partial charge is 0.356 e. The smallest absolute Gasteiger partial charge is 0.227 e. The van der Waals surface area contributed by atoms with Crippen molar-refractivity contribution in [3.63, 3.8) is 0 Å². The number of nitrogens with one attached hydrogen (secondary N) is 1. The first kappa shape index (κ1) is 20.1. The second-order valence-corrected chi connectivity index (χ2v) is 9.37. The van der Waals surface area contributed by atoms with Gasteiger partial charge in [0, 0.05) is 36.5 Å². The van der Waals surface area contributed by atoms with E-state index in [0.717, 1.165) is 36.1 Å². The molecule has 1 atom stereocenters. The molecule has 0 saturated carbocycles. The number of hydrogen-bond donors (Lipinski definition) is 1. The van der Waals surface area contributed by atoms with Gasteiger partial charge < -0.3 is 10.2 Å². The van der Waals surface area contributed by atoms with E-state index in [2.05, 4.69) is 5.32 Å². The zero-order valence-electron chi connectivity index (χ0n) is 17.3. The third-order valence-corrected chi connectivity index (χ3v) is 7.34. The summed E-state index contributed by atoms with van der Waals surface area (Å²) in [5, 5.41) is 4.23. The SMILES string of the molecule is Cc1cccc(N2CC(C(=O)NCCCc3nc4c(s3)CCCC4)CC2=O)c1C. The van der Waals surface area contributed by atoms with E-state index >= 15 is 0 Å². The number of fused-ring (bicyclic) bond motifs is 1. The van der Waals surface area contributed by atoms with Gasteiger partial charge >= 0.3 is 0 Å². The van der Waals surface area contributed by atoms with Gasteiger partial charge in [0.2, 0.25) is 11.8 Å². The third kappa shape index (κ3) is 4.37. The first-order valence-electron chi connectivity index (χ1n) is 10.6. The minimum absolute atomic E-state index is 0.00964. The third-order valence-electron chi connectivity index (χ3n) is 6.12. The molecule has 1 aromatic heterocycles. The Morgan fingerprint density at radius 3 is 2.93 bits per heavy atom. The molecule has 1 saturated heterocycles. The Kier molecular flexibility index (Phi) is 5.99. The van der Waals surface area contributed by atoms with Crippen LogP contribution in [0.5, 0.6) is 0 Å². The molecule has 2 amide bonds. The van der Waals surface area contributed by atoms with Gasteiger partial charge in [0.05, 0.1) is 16.6 Å². The number of amides is 2. The summed E-state index contributed by atoms with van der Waals surface area (Å²) in [5.41, 5.74) is 4.49. The van der Waals surface area contributed by atoms with E-state index < -0.39 is 0 Å². The van der Waals surface area contributed by atoms with Crippen molar-refractivity contribution in [3.8, 4) is 0 Å². The standard InChI is InChI=1S/C23H29N3O2S/c1-15-7-5-9-19(16(15)2)26-14-17(13-22(26)27)23(28)24-12-6-11-21-25-18-8-3-4-10-20(18)29-21/h5,7,9,17H,3-4,6,8,10-14H2,1-2H3,(H,24,28). The summed E-state index contributed by atoms with van der Waals surface area (Å²) in [4.78, 5) is 33.1. The van der Waals surface area contributed by atoms with Crippen molar-refractivity contribution in [1.82, 2.24) is 10.3 Å². The van der Waals surface area contributed by atoms with Crippen molar-refractivity contribution in [3.05, 3.63) is 44.9 Å². The number of rotatable bonds is 6. The number of aromatic nitrogens is 1. The maximum atomic E-state index is 12.6. The van der Waals surface area contributed by atoms with Gasteiger partial charge in [-0.2, -0.15) is 0 Å². The second-order valence-electron chi connectivity index (χ2n) is 8.20. The summed E-state index contributed by atoms with van der Waals surface area (Å²) in [7, 11) is 0. The lowest BCUT2D eigenvalue weighted by atomic mass is 10.0. The van der Waals surface area contributed by atoms with Crippen LogP contribution in [0.25, 0.3) is 0 Å². The number of carbonyl (C=O) groups is 2. The van der Waals surface area contributed by atoms with Gasteiger partial charge in [-0.15, -0.1) is 11.3 Å². The van der Waals surface area contributed by atoms with Crippen molar-refractivity contribution in [1.29, 1.82) is 0 Å². The van der Waals surface area contributed by atoms with Gasteiger partial charge in [0.15, 0.2) is 0 Å². The minimum atomic E-state index is -0.269. The Labute approximate surface area is 176 Å². The number of hydrogen-bond acceptors (Lipinski definition) is 4. The molecule has 29 heavy (non-hydrogen) atoms. The molecule has 1 fully saturated rings. The zero-order chi connectivity index (χ0) is 20.4. The van der Waals surface area contributed by atoms with Crippen LogP contribution in [0.1, 0.15) is 52.4 Å². The molecule has 0 spiro atoms. The number of carbonyl (C=O) groups excluding carboxylic acids is 2. The number of nitrogens with zero attached hydrogens (tertiary/aromatic N) is 2. The molecule has 2 heterocycles. The average molecular weight is 412 g/mol. The summed E-state index contributed by atoms with van der Waals surface area (Å²) in [6.07, 6.45) is 6.93. The number of anilines is 1. The topological polar surface area (TPSA) is 62.3 Å². The Morgan fingerprint density at radius 1 is 1.28 bits per heavy atom. The van der Waals surface area contributed by atoms with E-state index in [9.17, 15) is 9.59 Å². The first-order chi connectivity index (χ1) is 14.0. The molecule has 1 N–H and O–H groups in total. The van der Waals surface area contributed by atoms with Crippen LogP contribution >= 0.6 is 11.3 Å². The number of thiazole rings is 1. The van der Waals surface area contributed by atoms with Gasteiger partial charge in [-0.25, -0.2) is 4.98 Å². The van der Waals surface area contributed by atoms with Crippen LogP contribution in [0.3, 0.4) is 0 Å². The Morgan fingerprint density at radius 2 is 2.10 bits per heavy atom. The zero-order valence-corrected chi connectivity index (χ0v) is 18.1. The van der Waals surface area contributed by atoms with E-state index in [4.69, 9.17) is 4.98 Å². The summed E-state index contributed by atoms with van der Waals surface area (Å²) >= 11 is 1.84. The van der Waals surface area contributed by atoms with Gasteiger partial charge in [-0.3, -0.25) is 9.59 Å². The lowest BCUT2D eigenvalue weighted by Crippen LogP contribution is -2.33. The molecule has 1 aliphatic carbocycles. The Hall–Kier alpha value is -2.21. The maximum absolute atomic E-state index is 12.6. The van der Waals surface area contributed by atoms with E-state index in [1.165, 1.54) is 34.8 Å². The molecule has 5 nitrogen and oxygen atoms in total. The maximum Gasteiger partial charge on any atom is 0.227 e. The molecule has 6 heteroatoms. The summed E-state index contributed by atoms with van der Waals surface area (Å²) in [6.45, 7) is 5.18. The predicted octanol–water partition coefficient (Wildman–Crippen LogP) is 3.74. The van der Waals surface area contributed by atoms with E-state index in [-0.39, 0.29) is 17.7 Å². The Balaban J connectivity index is 1.26. The van der Waals surface area contributed by atoms with Crippen LogP contribution in [0.4, 0.5) is 5.69 Å². The van der Waals surface area contributed by atoms with Crippen LogP contribution in [0.15, 0.2) is 18.2 Å². The molecule has 0 radical (unpaired) electrons. The molecule has 0 bridgehead atoms. The van der Waals surface area contributed by atoms with Crippen molar-refractivity contribution in [2.45, 2.75) is 58.8 Å². The summed E-state index contributed by atoms with van der Waals surface area (Å²) in [5.74, 6) is -0.244. The predicted molar refractivity (Wildman–Crippen MR) is 116 cm³/mol.